The summed E-state index contributed by atoms with van der Waals surface area (Å²) in [5.41, 5.74) is 5.64. The molecule has 0 radical (unpaired) electrons. The Hall–Kier alpha value is -1.40. The van der Waals surface area contributed by atoms with Gasteiger partial charge in [0.1, 0.15) is 12.4 Å². The molecule has 0 saturated heterocycles. The summed E-state index contributed by atoms with van der Waals surface area (Å²) in [6.45, 7) is 3.84. The van der Waals surface area contributed by atoms with Gasteiger partial charge in [0.2, 0.25) is 0 Å². The number of hydrogen-bond donors (Lipinski definition) is 1. The minimum atomic E-state index is -3.26. The van der Waals surface area contributed by atoms with Crippen LogP contribution in [0, 0.1) is 5.92 Å². The number of benzene rings is 1. The monoisotopic (exact) mass is 301 g/mol. The normalized spacial score (nSPS) is 12.8. The van der Waals surface area contributed by atoms with E-state index in [1.54, 1.807) is 12.1 Å². The zero-order valence-electron chi connectivity index (χ0n) is 11.7. The van der Waals surface area contributed by atoms with Gasteiger partial charge in [0.05, 0.1) is 17.0 Å². The van der Waals surface area contributed by atoms with Gasteiger partial charge in [-0.2, -0.15) is 0 Å². The number of hydrogen-bond acceptors (Lipinski definition) is 4. The predicted octanol–water partition coefficient (Wildman–Crippen LogP) is 2.31. The number of ether oxygens (including phenoxy) is 1. The third-order valence-electron chi connectivity index (χ3n) is 2.58. The fourth-order valence-electron chi connectivity index (χ4n) is 1.59. The highest BCUT2D eigenvalue weighted by molar-refractivity contribution is 7.91. The van der Waals surface area contributed by atoms with E-state index in [0.717, 1.165) is 0 Å². The fourth-order valence-corrected chi connectivity index (χ4v) is 3.21. The van der Waals surface area contributed by atoms with Gasteiger partial charge in [-0.3, -0.25) is 0 Å². The van der Waals surface area contributed by atoms with Crippen LogP contribution in [-0.4, -0.2) is 27.3 Å². The third kappa shape index (κ3) is 4.94. The smallest absolute Gasteiger partial charge is 0.178 e. The molecular weight excluding hydrogens is 281 g/mol. The molecule has 1 aromatic carbocycles. The van der Waals surface area contributed by atoms with Crippen molar-refractivity contribution >= 4 is 9.84 Å². The molecule has 0 saturated carbocycles. The Morgan fingerprint density at radius 1 is 1.35 bits per heavy atom. The van der Waals surface area contributed by atoms with Gasteiger partial charge in [-0.05, 0) is 30.2 Å². The Morgan fingerprint density at radius 2 is 1.95 bits per heavy atom. The standard InChI is InChI=1S/C14H20FNO3S/c1-11(2)10-20(17,18)14-5-3-13(4-6-14)19-9-12(7-15)8-16/h3-7,11H,8-10,16H2,1-2H3/b12-7-. The van der Waals surface area contributed by atoms with Crippen LogP contribution in [0.3, 0.4) is 0 Å². The van der Waals surface area contributed by atoms with Crippen molar-refractivity contribution in [1.29, 1.82) is 0 Å². The lowest BCUT2D eigenvalue weighted by Crippen LogP contribution is -2.12. The molecule has 0 atom stereocenters. The Morgan fingerprint density at radius 3 is 2.40 bits per heavy atom. The highest BCUT2D eigenvalue weighted by Gasteiger charge is 2.16. The number of rotatable bonds is 7. The molecule has 1 aromatic rings. The molecule has 0 aliphatic rings. The summed E-state index contributed by atoms with van der Waals surface area (Å²) in [5, 5.41) is 0. The van der Waals surface area contributed by atoms with Crippen molar-refractivity contribution in [2.75, 3.05) is 18.9 Å². The van der Waals surface area contributed by atoms with E-state index >= 15 is 0 Å². The first-order valence-electron chi connectivity index (χ1n) is 6.33. The molecule has 0 aromatic heterocycles. The Balaban J connectivity index is 2.74. The van der Waals surface area contributed by atoms with E-state index in [9.17, 15) is 12.8 Å². The van der Waals surface area contributed by atoms with Crippen molar-refractivity contribution in [3.63, 3.8) is 0 Å². The zero-order chi connectivity index (χ0) is 15.2. The summed E-state index contributed by atoms with van der Waals surface area (Å²) in [7, 11) is -3.26. The van der Waals surface area contributed by atoms with Crippen LogP contribution in [0.1, 0.15) is 13.8 Å². The highest BCUT2D eigenvalue weighted by Crippen LogP contribution is 2.19. The molecule has 0 spiro atoms. The second-order valence-electron chi connectivity index (χ2n) is 4.91. The van der Waals surface area contributed by atoms with Crippen molar-refractivity contribution in [3.05, 3.63) is 36.2 Å². The van der Waals surface area contributed by atoms with Crippen LogP contribution < -0.4 is 10.5 Å². The molecule has 0 amide bonds. The number of sulfone groups is 1. The molecular formula is C14H20FNO3S. The summed E-state index contributed by atoms with van der Waals surface area (Å²) in [4.78, 5) is 0.263. The van der Waals surface area contributed by atoms with Crippen LogP contribution in [0.5, 0.6) is 5.75 Å². The van der Waals surface area contributed by atoms with Crippen LogP contribution in [0.15, 0.2) is 41.1 Å². The van der Waals surface area contributed by atoms with Gasteiger partial charge < -0.3 is 10.5 Å². The highest BCUT2D eigenvalue weighted by atomic mass is 32.2. The Kier molecular flexibility index (Phi) is 6.16. The van der Waals surface area contributed by atoms with Crippen LogP contribution in [0.25, 0.3) is 0 Å². The molecule has 0 heterocycles. The SMILES string of the molecule is CC(C)CS(=O)(=O)c1ccc(OC/C(=C\F)CN)cc1. The van der Waals surface area contributed by atoms with E-state index in [2.05, 4.69) is 0 Å². The number of nitrogens with two attached hydrogens (primary N) is 1. The van der Waals surface area contributed by atoms with Crippen LogP contribution in [0.4, 0.5) is 4.39 Å². The molecule has 20 heavy (non-hydrogen) atoms. The lowest BCUT2D eigenvalue weighted by atomic mass is 10.3. The summed E-state index contributed by atoms with van der Waals surface area (Å²) in [6.07, 6.45) is 0.418. The average Bonchev–Trinajstić information content (AvgIpc) is 2.39. The Bertz CT molecular complexity index is 550. The van der Waals surface area contributed by atoms with Crippen LogP contribution in [-0.2, 0) is 9.84 Å². The molecule has 0 aliphatic heterocycles. The third-order valence-corrected chi connectivity index (χ3v) is 4.67. The van der Waals surface area contributed by atoms with Crippen molar-refractivity contribution < 1.29 is 17.5 Å². The second-order valence-corrected chi connectivity index (χ2v) is 6.94. The zero-order valence-corrected chi connectivity index (χ0v) is 12.5. The lowest BCUT2D eigenvalue weighted by molar-refractivity contribution is 0.347. The van der Waals surface area contributed by atoms with Gasteiger partial charge in [0, 0.05) is 12.1 Å². The minimum absolute atomic E-state index is 0.0467. The molecule has 0 unspecified atom stereocenters. The molecule has 2 N–H and O–H groups in total. The van der Waals surface area contributed by atoms with Crippen molar-refractivity contribution in [2.45, 2.75) is 18.7 Å². The second kappa shape index (κ2) is 7.40. The van der Waals surface area contributed by atoms with Gasteiger partial charge >= 0.3 is 0 Å². The van der Waals surface area contributed by atoms with E-state index in [-0.39, 0.29) is 29.7 Å². The first-order valence-corrected chi connectivity index (χ1v) is 7.98. The molecule has 0 aliphatic carbocycles. The van der Waals surface area contributed by atoms with Gasteiger partial charge in [0.25, 0.3) is 0 Å². The topological polar surface area (TPSA) is 69.4 Å². The van der Waals surface area contributed by atoms with E-state index < -0.39 is 9.84 Å². The summed E-state index contributed by atoms with van der Waals surface area (Å²) in [5.74, 6) is 0.647. The molecule has 0 bridgehead atoms. The van der Waals surface area contributed by atoms with Gasteiger partial charge in [0.15, 0.2) is 9.84 Å². The molecule has 6 heteroatoms. The minimum Gasteiger partial charge on any atom is -0.489 e. The van der Waals surface area contributed by atoms with Gasteiger partial charge in [-0.25, -0.2) is 12.8 Å². The maximum absolute atomic E-state index is 12.3. The van der Waals surface area contributed by atoms with Crippen LogP contribution in [0.2, 0.25) is 0 Å². The molecule has 0 fully saturated rings. The predicted molar refractivity (Wildman–Crippen MR) is 77.1 cm³/mol. The summed E-state index contributed by atoms with van der Waals surface area (Å²) in [6, 6.07) is 6.10. The molecule has 4 nitrogen and oxygen atoms in total. The van der Waals surface area contributed by atoms with Crippen LogP contribution >= 0.6 is 0 Å². The summed E-state index contributed by atoms with van der Waals surface area (Å²) < 4.78 is 41.6. The maximum atomic E-state index is 12.3. The maximum Gasteiger partial charge on any atom is 0.178 e. The quantitative estimate of drug-likeness (QED) is 0.839. The average molecular weight is 301 g/mol. The largest absolute Gasteiger partial charge is 0.489 e. The number of halogens is 1. The van der Waals surface area contributed by atoms with E-state index in [1.807, 2.05) is 13.8 Å². The van der Waals surface area contributed by atoms with Gasteiger partial charge in [-0.1, -0.05) is 13.8 Å². The van der Waals surface area contributed by atoms with E-state index in [4.69, 9.17) is 10.5 Å². The first kappa shape index (κ1) is 16.7. The van der Waals surface area contributed by atoms with E-state index in [1.165, 1.54) is 12.1 Å². The molecule has 112 valence electrons. The van der Waals surface area contributed by atoms with Crippen molar-refractivity contribution in [2.24, 2.45) is 11.7 Å². The van der Waals surface area contributed by atoms with Crippen molar-refractivity contribution in [1.82, 2.24) is 0 Å². The lowest BCUT2D eigenvalue weighted by Gasteiger charge is -2.09. The fraction of sp³-hybridized carbons (Fsp3) is 0.429. The Labute approximate surface area is 119 Å². The first-order chi connectivity index (χ1) is 9.39. The van der Waals surface area contributed by atoms with Gasteiger partial charge in [-0.15, -0.1) is 0 Å². The van der Waals surface area contributed by atoms with Crippen molar-refractivity contribution in [3.8, 4) is 5.75 Å². The van der Waals surface area contributed by atoms with E-state index in [0.29, 0.717) is 17.7 Å². The summed E-state index contributed by atoms with van der Waals surface area (Å²) >= 11 is 0. The molecule has 1 rings (SSSR count).